The highest BCUT2D eigenvalue weighted by atomic mass is 35.5. The van der Waals surface area contributed by atoms with Crippen LogP contribution < -0.4 is 9.47 Å². The molecule has 12 nitrogen and oxygen atoms in total. The smallest absolute Gasteiger partial charge is 0.374 e. The maximum Gasteiger partial charge on any atom is 0.374 e. The van der Waals surface area contributed by atoms with Crippen LogP contribution in [0.1, 0.15) is 68.1 Å². The normalized spacial score (nSPS) is 11.5. The molecule has 4 aromatic heterocycles. The number of aliphatic hydroxyl groups is 1. The molecule has 0 saturated heterocycles. The number of fused-ring (bicyclic) bond motifs is 2. The first kappa shape index (κ1) is 40.3. The van der Waals surface area contributed by atoms with Gasteiger partial charge in [0.05, 0.1) is 53.6 Å². The summed E-state index contributed by atoms with van der Waals surface area (Å²) in [6.07, 6.45) is 4.99. The average molecular weight is 818 g/mol. The van der Waals surface area contributed by atoms with Gasteiger partial charge in [0.25, 0.3) is 0 Å². The maximum absolute atomic E-state index is 12.9. The van der Waals surface area contributed by atoms with Crippen LogP contribution in [0.3, 0.4) is 0 Å². The van der Waals surface area contributed by atoms with E-state index in [-0.39, 0.29) is 43.4 Å². The van der Waals surface area contributed by atoms with Crippen LogP contribution in [0, 0.1) is 0 Å². The highest BCUT2D eigenvalue weighted by Gasteiger charge is 2.24. The second-order valence-electron chi connectivity index (χ2n) is 11.3. The zero-order valence-electron chi connectivity index (χ0n) is 29.2. The molecule has 2 aromatic carbocycles. The van der Waals surface area contributed by atoms with E-state index in [9.17, 15) is 19.5 Å². The van der Waals surface area contributed by atoms with E-state index in [1.54, 1.807) is 38.1 Å². The summed E-state index contributed by atoms with van der Waals surface area (Å²) in [6, 6.07) is 9.58. The summed E-state index contributed by atoms with van der Waals surface area (Å²) in [7, 11) is 2.97. The van der Waals surface area contributed by atoms with Gasteiger partial charge in [-0.1, -0.05) is 52.5 Å². The van der Waals surface area contributed by atoms with E-state index in [1.165, 1.54) is 51.1 Å². The molecule has 0 radical (unpaired) electrons. The molecule has 282 valence electrons. The Morgan fingerprint density at radius 1 is 0.704 bits per heavy atom. The van der Waals surface area contributed by atoms with Gasteiger partial charge < -0.3 is 32.9 Å². The summed E-state index contributed by atoms with van der Waals surface area (Å²) in [5.74, 6) is -0.580. The Labute approximate surface area is 328 Å². The largest absolute Gasteiger partial charge is 0.493 e. The quantitative estimate of drug-likeness (QED) is 0.0922. The number of hydrogen-bond donors (Lipinski definition) is 1. The number of hydrogen-bond acceptors (Lipinski definition) is 12. The predicted octanol–water partition coefficient (Wildman–Crippen LogP) is 9.34. The monoisotopic (exact) mass is 816 g/mol. The molecule has 1 N–H and O–H groups in total. The van der Waals surface area contributed by atoms with Gasteiger partial charge in [-0.15, -0.1) is 0 Å². The minimum absolute atomic E-state index is 0.00891. The van der Waals surface area contributed by atoms with Crippen molar-refractivity contribution in [3.05, 3.63) is 115 Å². The second kappa shape index (κ2) is 18.0. The number of halogens is 4. The van der Waals surface area contributed by atoms with E-state index in [1.807, 2.05) is 0 Å². The topological polar surface area (TPSA) is 160 Å². The van der Waals surface area contributed by atoms with E-state index in [2.05, 4.69) is 9.97 Å². The van der Waals surface area contributed by atoms with Gasteiger partial charge in [0.15, 0.2) is 28.4 Å². The molecular formula is C38H32Cl4N2O10. The first-order chi connectivity index (χ1) is 25.9. The number of rotatable bonds is 12. The molecule has 0 aliphatic rings. The molecule has 0 fully saturated rings. The van der Waals surface area contributed by atoms with Crippen LogP contribution in [-0.4, -0.2) is 60.2 Å². The fraction of sp³-hybridized carbons (Fsp3) is 0.237. The molecule has 0 amide bonds. The van der Waals surface area contributed by atoms with Gasteiger partial charge in [-0.05, 0) is 49.2 Å². The number of ether oxygens (including phenoxy) is 4. The van der Waals surface area contributed by atoms with E-state index in [0.717, 1.165) is 0 Å². The van der Waals surface area contributed by atoms with E-state index in [0.29, 0.717) is 75.8 Å². The van der Waals surface area contributed by atoms with Crippen molar-refractivity contribution in [1.82, 2.24) is 9.97 Å². The Bertz CT molecular complexity index is 2300. The van der Waals surface area contributed by atoms with Crippen LogP contribution in [0.5, 0.6) is 11.5 Å². The summed E-state index contributed by atoms with van der Waals surface area (Å²) in [5, 5.41) is 13.1. The minimum atomic E-state index is -0.941. The van der Waals surface area contributed by atoms with Gasteiger partial charge >= 0.3 is 11.9 Å². The van der Waals surface area contributed by atoms with Gasteiger partial charge in [-0.3, -0.25) is 14.8 Å². The van der Waals surface area contributed by atoms with Gasteiger partial charge in [-0.2, -0.15) is 0 Å². The summed E-state index contributed by atoms with van der Waals surface area (Å²) in [6.45, 7) is 3.83. The molecule has 54 heavy (non-hydrogen) atoms. The maximum atomic E-state index is 12.9. The first-order valence-corrected chi connectivity index (χ1v) is 17.8. The number of carbonyl (C=O) groups excluding carboxylic acids is 3. The van der Waals surface area contributed by atoms with Crippen molar-refractivity contribution in [1.29, 1.82) is 0 Å². The minimum Gasteiger partial charge on any atom is -0.493 e. The van der Waals surface area contributed by atoms with Crippen LogP contribution in [0.15, 0.2) is 70.0 Å². The number of pyridine rings is 2. The number of benzene rings is 2. The lowest BCUT2D eigenvalue weighted by molar-refractivity contribution is 0.0484. The van der Waals surface area contributed by atoms with Crippen molar-refractivity contribution in [3.63, 3.8) is 0 Å². The van der Waals surface area contributed by atoms with Crippen molar-refractivity contribution in [3.8, 4) is 11.5 Å². The lowest BCUT2D eigenvalue weighted by atomic mass is 9.98. The summed E-state index contributed by atoms with van der Waals surface area (Å²) >= 11 is 24.5. The van der Waals surface area contributed by atoms with Crippen molar-refractivity contribution < 1.29 is 47.3 Å². The molecule has 1 unspecified atom stereocenters. The molecule has 0 aliphatic carbocycles. The van der Waals surface area contributed by atoms with Crippen LogP contribution in [-0.2, 0) is 22.3 Å². The van der Waals surface area contributed by atoms with Crippen molar-refractivity contribution in [2.75, 3.05) is 27.4 Å². The number of aromatic nitrogens is 2. The molecule has 1 atom stereocenters. The zero-order chi connectivity index (χ0) is 39.1. The molecule has 16 heteroatoms. The number of furan rings is 2. The average Bonchev–Trinajstić information content (AvgIpc) is 3.81. The predicted molar refractivity (Wildman–Crippen MR) is 203 cm³/mol. The molecular weight excluding hydrogens is 786 g/mol. The first-order valence-electron chi connectivity index (χ1n) is 16.2. The van der Waals surface area contributed by atoms with Crippen LogP contribution in [0.2, 0.25) is 20.1 Å². The Hall–Kier alpha value is -4.85. The number of Topliss-reactive ketones (excluding diaryl/α,β-unsaturated/α-hetero) is 1. The number of ketones is 1. The highest BCUT2D eigenvalue weighted by Crippen LogP contribution is 2.37. The van der Waals surface area contributed by atoms with Crippen LogP contribution in [0.4, 0.5) is 0 Å². The highest BCUT2D eigenvalue weighted by molar-refractivity contribution is 6.36. The van der Waals surface area contributed by atoms with Crippen molar-refractivity contribution >= 4 is 86.1 Å². The van der Waals surface area contributed by atoms with Crippen LogP contribution >= 0.6 is 46.4 Å². The van der Waals surface area contributed by atoms with Gasteiger partial charge in [0, 0.05) is 65.6 Å². The summed E-state index contributed by atoms with van der Waals surface area (Å²) < 4.78 is 31.7. The molecule has 0 bridgehead atoms. The summed E-state index contributed by atoms with van der Waals surface area (Å²) in [4.78, 5) is 44.7. The molecule has 0 saturated carbocycles. The Morgan fingerprint density at radius 2 is 1.17 bits per heavy atom. The third-order valence-corrected chi connectivity index (χ3v) is 9.32. The standard InChI is InChI=1S/C19H17Cl2NO5.C19H15Cl2NO5/c2*1-3-26-19(24)17-7-11-10(4-5-16(25-2)18(11)27-17)15(23)6-12-13(20)8-22-9-14(12)21/h4-5,7-9,15,23H,3,6H2,1-2H3;4-5,7-9H,3,6H2,1-2H3. The van der Waals surface area contributed by atoms with E-state index < -0.39 is 18.0 Å². The molecule has 6 aromatic rings. The molecule has 6 rings (SSSR count). The number of methoxy groups -OCH3 is 2. The number of aliphatic hydroxyl groups excluding tert-OH is 1. The summed E-state index contributed by atoms with van der Waals surface area (Å²) in [5.41, 5.74) is 2.61. The van der Waals surface area contributed by atoms with Crippen molar-refractivity contribution in [2.24, 2.45) is 0 Å². The Kier molecular flexibility index (Phi) is 13.4. The van der Waals surface area contributed by atoms with E-state index >= 15 is 0 Å². The number of esters is 2. The van der Waals surface area contributed by atoms with Gasteiger partial charge in [0.2, 0.25) is 11.5 Å². The molecule has 0 spiro atoms. The SMILES string of the molecule is CCOC(=O)c1cc2c(C(=O)Cc3c(Cl)cncc3Cl)ccc(OC)c2o1.CCOC(=O)c1cc2c(C(O)Cc3c(Cl)cncc3Cl)ccc(OC)c2o1. The molecule has 0 aliphatic heterocycles. The fourth-order valence-electron chi connectivity index (χ4n) is 5.48. The lowest BCUT2D eigenvalue weighted by Crippen LogP contribution is -2.06. The third-order valence-electron chi connectivity index (χ3n) is 8.02. The number of nitrogens with zero attached hydrogens (tertiary/aromatic N) is 2. The Balaban J connectivity index is 0.000000208. The molecule has 4 heterocycles. The van der Waals surface area contributed by atoms with E-state index in [4.69, 9.17) is 74.2 Å². The second-order valence-corrected chi connectivity index (χ2v) is 12.9. The number of carbonyl (C=O) groups is 3. The lowest BCUT2D eigenvalue weighted by Gasteiger charge is -2.15. The Morgan fingerprint density at radius 3 is 1.67 bits per heavy atom. The zero-order valence-corrected chi connectivity index (χ0v) is 32.2. The van der Waals surface area contributed by atoms with Crippen molar-refractivity contribution in [2.45, 2.75) is 32.8 Å². The third kappa shape index (κ3) is 8.75. The van der Waals surface area contributed by atoms with Crippen LogP contribution in [0.25, 0.3) is 21.9 Å². The van der Waals surface area contributed by atoms with Gasteiger partial charge in [0.1, 0.15) is 0 Å². The fourth-order valence-corrected chi connectivity index (χ4v) is 6.50. The van der Waals surface area contributed by atoms with Gasteiger partial charge in [-0.25, -0.2) is 9.59 Å².